The molecule has 1 amide bonds. The molecule has 0 aliphatic heterocycles. The number of benzene rings is 1. The number of nitrogens with zero attached hydrogens (tertiary/aromatic N) is 3. The van der Waals surface area contributed by atoms with Gasteiger partial charge < -0.3 is 24.8 Å². The van der Waals surface area contributed by atoms with Gasteiger partial charge in [0.05, 0.1) is 7.11 Å². The monoisotopic (exact) mass is 539 g/mol. The topological polar surface area (TPSA) is 70.9 Å². The van der Waals surface area contributed by atoms with E-state index in [9.17, 15) is 4.79 Å². The summed E-state index contributed by atoms with van der Waals surface area (Å²) in [5.41, 5.74) is 4.76. The molecule has 3 rings (SSSR count). The number of rotatable bonds is 8. The Hall–Kier alpha value is -2.23. The van der Waals surface area contributed by atoms with Crippen LogP contribution in [0.4, 0.5) is 0 Å². The second kappa shape index (κ2) is 11.4. The van der Waals surface area contributed by atoms with Crippen molar-refractivity contribution in [2.24, 2.45) is 10.9 Å². The van der Waals surface area contributed by atoms with Crippen LogP contribution in [-0.4, -0.2) is 55.6 Å². The molecule has 2 aromatic rings. The van der Waals surface area contributed by atoms with Crippen LogP contribution >= 0.6 is 24.0 Å². The number of methoxy groups -OCH3 is 1. The molecule has 31 heavy (non-hydrogen) atoms. The molecule has 1 aromatic heterocycles. The summed E-state index contributed by atoms with van der Waals surface area (Å²) in [7, 11) is 5.48. The molecule has 0 bridgehead atoms. The van der Waals surface area contributed by atoms with Crippen molar-refractivity contribution in [3.05, 3.63) is 47.3 Å². The zero-order chi connectivity index (χ0) is 21.7. The zero-order valence-electron chi connectivity index (χ0n) is 19.1. The van der Waals surface area contributed by atoms with Crippen molar-refractivity contribution >= 4 is 35.8 Å². The quantitative estimate of drug-likeness (QED) is 0.234. The summed E-state index contributed by atoms with van der Waals surface area (Å²) in [6.07, 6.45) is 2.05. The van der Waals surface area contributed by atoms with Crippen molar-refractivity contribution < 1.29 is 9.53 Å². The number of carbonyl (C=O) groups is 1. The van der Waals surface area contributed by atoms with Crippen LogP contribution in [0, 0.1) is 19.8 Å². The highest BCUT2D eigenvalue weighted by Crippen LogP contribution is 2.28. The molecule has 0 unspecified atom stereocenters. The Labute approximate surface area is 202 Å². The van der Waals surface area contributed by atoms with E-state index in [-0.39, 0.29) is 35.8 Å². The Morgan fingerprint density at radius 3 is 2.42 bits per heavy atom. The second-order valence-electron chi connectivity index (χ2n) is 7.83. The first-order valence-electron chi connectivity index (χ1n) is 10.5. The highest BCUT2D eigenvalue weighted by atomic mass is 127. The Kier molecular flexibility index (Phi) is 9.21. The number of aryl methyl sites for hydroxylation is 1. The van der Waals surface area contributed by atoms with Gasteiger partial charge in [-0.05, 0) is 62.6 Å². The van der Waals surface area contributed by atoms with Gasteiger partial charge in [-0.25, -0.2) is 0 Å². The summed E-state index contributed by atoms with van der Waals surface area (Å²) in [6.45, 7) is 6.26. The van der Waals surface area contributed by atoms with E-state index in [2.05, 4.69) is 57.1 Å². The third-order valence-corrected chi connectivity index (χ3v) is 5.50. The van der Waals surface area contributed by atoms with E-state index < -0.39 is 0 Å². The van der Waals surface area contributed by atoms with E-state index in [1.54, 1.807) is 14.2 Å². The molecular formula is C23H34IN5O2. The van der Waals surface area contributed by atoms with Crippen LogP contribution in [0.3, 0.4) is 0 Å². The van der Waals surface area contributed by atoms with E-state index >= 15 is 0 Å². The predicted molar refractivity (Wildman–Crippen MR) is 136 cm³/mol. The van der Waals surface area contributed by atoms with Gasteiger partial charge in [-0.2, -0.15) is 0 Å². The lowest BCUT2D eigenvalue weighted by Gasteiger charge is -2.22. The van der Waals surface area contributed by atoms with E-state index in [0.717, 1.165) is 36.8 Å². The molecule has 8 heteroatoms. The largest absolute Gasteiger partial charge is 0.497 e. The van der Waals surface area contributed by atoms with Crippen molar-refractivity contribution in [1.82, 2.24) is 20.1 Å². The van der Waals surface area contributed by atoms with Gasteiger partial charge in [0.15, 0.2) is 5.96 Å². The van der Waals surface area contributed by atoms with Gasteiger partial charge in [0.1, 0.15) is 5.75 Å². The number of carbonyl (C=O) groups excluding carboxylic acids is 1. The molecule has 1 saturated carbocycles. The van der Waals surface area contributed by atoms with Crippen molar-refractivity contribution in [2.75, 3.05) is 34.3 Å². The molecule has 1 fully saturated rings. The summed E-state index contributed by atoms with van der Waals surface area (Å²) in [6, 6.07) is 10.3. The van der Waals surface area contributed by atoms with Crippen LogP contribution in [0.5, 0.6) is 5.75 Å². The minimum atomic E-state index is 0. The van der Waals surface area contributed by atoms with Gasteiger partial charge >= 0.3 is 0 Å². The Bertz CT molecular complexity index is 903. The molecule has 170 valence electrons. The summed E-state index contributed by atoms with van der Waals surface area (Å²) < 4.78 is 7.53. The summed E-state index contributed by atoms with van der Waals surface area (Å²) in [5, 5.41) is 6.30. The van der Waals surface area contributed by atoms with Crippen LogP contribution < -0.4 is 15.4 Å². The number of guanidine groups is 1. The molecule has 0 atom stereocenters. The highest BCUT2D eigenvalue weighted by Gasteiger charge is 2.29. The van der Waals surface area contributed by atoms with Crippen molar-refractivity contribution in [3.63, 3.8) is 0 Å². The summed E-state index contributed by atoms with van der Waals surface area (Å²) in [5.74, 6) is 2.08. The van der Waals surface area contributed by atoms with Gasteiger partial charge in [0, 0.05) is 56.7 Å². The van der Waals surface area contributed by atoms with E-state index in [0.29, 0.717) is 13.1 Å². The first-order valence-corrected chi connectivity index (χ1v) is 10.5. The molecule has 1 aromatic carbocycles. The van der Waals surface area contributed by atoms with Gasteiger partial charge in [0.25, 0.3) is 0 Å². The molecule has 1 aliphatic carbocycles. The average Bonchev–Trinajstić information content (AvgIpc) is 3.55. The molecule has 0 saturated heterocycles. The first kappa shape index (κ1) is 25.0. The molecule has 7 nitrogen and oxygen atoms in total. The van der Waals surface area contributed by atoms with Crippen LogP contribution in [-0.2, 0) is 11.3 Å². The number of aromatic nitrogens is 1. The Morgan fingerprint density at radius 1 is 1.19 bits per heavy atom. The van der Waals surface area contributed by atoms with Gasteiger partial charge in [0.2, 0.25) is 5.91 Å². The maximum Gasteiger partial charge on any atom is 0.223 e. The van der Waals surface area contributed by atoms with Crippen molar-refractivity contribution in [1.29, 1.82) is 0 Å². The van der Waals surface area contributed by atoms with E-state index in [1.807, 2.05) is 19.2 Å². The fourth-order valence-corrected chi connectivity index (χ4v) is 3.68. The SMILES string of the molecule is CN=C(NCCNC(=O)C1CC1)N(C)Cc1cc(C)n(-c2ccc(OC)cc2)c1C.I. The normalized spacial score (nSPS) is 13.4. The van der Waals surface area contributed by atoms with E-state index in [4.69, 9.17) is 4.74 Å². The van der Waals surface area contributed by atoms with Crippen LogP contribution in [0.1, 0.15) is 29.8 Å². The zero-order valence-corrected chi connectivity index (χ0v) is 21.4. The highest BCUT2D eigenvalue weighted by molar-refractivity contribution is 14.0. The minimum absolute atomic E-state index is 0. The number of ether oxygens (including phenoxy) is 1. The average molecular weight is 539 g/mol. The van der Waals surface area contributed by atoms with Gasteiger partial charge in [-0.3, -0.25) is 9.79 Å². The lowest BCUT2D eigenvalue weighted by molar-refractivity contribution is -0.122. The van der Waals surface area contributed by atoms with Crippen molar-refractivity contribution in [2.45, 2.75) is 33.2 Å². The van der Waals surface area contributed by atoms with Crippen LogP contribution in [0.15, 0.2) is 35.3 Å². The van der Waals surface area contributed by atoms with Crippen LogP contribution in [0.25, 0.3) is 5.69 Å². The number of hydrogen-bond donors (Lipinski definition) is 2. The summed E-state index contributed by atoms with van der Waals surface area (Å²) in [4.78, 5) is 18.2. The number of halogens is 1. The summed E-state index contributed by atoms with van der Waals surface area (Å²) >= 11 is 0. The van der Waals surface area contributed by atoms with Gasteiger partial charge in [-0.15, -0.1) is 24.0 Å². The smallest absolute Gasteiger partial charge is 0.223 e. The second-order valence-corrected chi connectivity index (χ2v) is 7.83. The van der Waals surface area contributed by atoms with Gasteiger partial charge in [-0.1, -0.05) is 0 Å². The third kappa shape index (κ3) is 6.38. The number of aliphatic imine (C=N–C) groups is 1. The maximum atomic E-state index is 11.7. The fraction of sp³-hybridized carbons (Fsp3) is 0.478. The Morgan fingerprint density at radius 2 is 1.84 bits per heavy atom. The fourth-order valence-electron chi connectivity index (χ4n) is 3.68. The lowest BCUT2D eigenvalue weighted by atomic mass is 10.2. The molecular weight excluding hydrogens is 505 g/mol. The minimum Gasteiger partial charge on any atom is -0.497 e. The third-order valence-electron chi connectivity index (χ3n) is 5.50. The molecule has 1 heterocycles. The standard InChI is InChI=1S/C23H33N5O2.HI/c1-16-14-19(17(2)28(16)20-8-10-21(30-5)11-9-20)15-27(4)23(24-3)26-13-12-25-22(29)18-6-7-18;/h8-11,14,18H,6-7,12-13,15H2,1-5H3,(H,24,26)(H,25,29);1H. The molecule has 0 spiro atoms. The van der Waals surface area contributed by atoms with Crippen molar-refractivity contribution in [3.8, 4) is 11.4 Å². The molecule has 2 N–H and O–H groups in total. The number of nitrogens with one attached hydrogen (secondary N) is 2. The molecule has 1 aliphatic rings. The first-order chi connectivity index (χ1) is 14.4. The maximum absolute atomic E-state index is 11.7. The number of amides is 1. The Balaban J connectivity index is 0.00000341. The van der Waals surface area contributed by atoms with Crippen LogP contribution in [0.2, 0.25) is 0 Å². The predicted octanol–water partition coefficient (Wildman–Crippen LogP) is 3.25. The lowest BCUT2D eigenvalue weighted by Crippen LogP contribution is -2.42. The number of hydrogen-bond acceptors (Lipinski definition) is 3. The van der Waals surface area contributed by atoms with E-state index in [1.165, 1.54) is 17.0 Å². The molecule has 0 radical (unpaired) electrons.